The molecule has 1 unspecified atom stereocenters. The first kappa shape index (κ1) is 13.9. The Bertz CT molecular complexity index is 476. The van der Waals surface area contributed by atoms with E-state index in [0.717, 1.165) is 35.0 Å². The smallest absolute Gasteiger partial charge is 0.161 e. The van der Waals surface area contributed by atoms with Crippen molar-refractivity contribution < 1.29 is 4.39 Å². The van der Waals surface area contributed by atoms with Crippen LogP contribution in [-0.4, -0.2) is 17.0 Å². The number of aliphatic imine (C=N–C) groups is 1. The van der Waals surface area contributed by atoms with Crippen LogP contribution >= 0.6 is 27.7 Å². The molecular weight excluding hydrogens is 315 g/mol. The van der Waals surface area contributed by atoms with E-state index in [0.29, 0.717) is 10.5 Å². The maximum absolute atomic E-state index is 13.5. The first-order valence-electron chi connectivity index (χ1n) is 6.03. The van der Waals surface area contributed by atoms with Crippen molar-refractivity contribution in [1.82, 2.24) is 0 Å². The molecule has 1 aliphatic heterocycles. The average molecular weight is 331 g/mol. The van der Waals surface area contributed by atoms with Gasteiger partial charge in [-0.3, -0.25) is 4.99 Å². The number of nitrogens with one attached hydrogen (secondary N) is 1. The van der Waals surface area contributed by atoms with Gasteiger partial charge in [0.15, 0.2) is 5.17 Å². The third kappa shape index (κ3) is 3.26. The highest BCUT2D eigenvalue weighted by Crippen LogP contribution is 2.26. The molecule has 0 saturated carbocycles. The molecule has 0 spiro atoms. The zero-order valence-corrected chi connectivity index (χ0v) is 12.9. The number of nitrogens with zero attached hydrogens (tertiary/aromatic N) is 1. The SMILES string of the molecule is CCC1CCSC(Nc2cc(F)c(Br)cc2C)=N1. The van der Waals surface area contributed by atoms with E-state index in [2.05, 4.69) is 33.2 Å². The summed E-state index contributed by atoms with van der Waals surface area (Å²) in [6.07, 6.45) is 2.18. The lowest BCUT2D eigenvalue weighted by atomic mass is 10.2. The molecule has 1 aromatic rings. The summed E-state index contributed by atoms with van der Waals surface area (Å²) in [7, 11) is 0. The van der Waals surface area contributed by atoms with Gasteiger partial charge in [-0.2, -0.15) is 0 Å². The molecule has 0 aliphatic carbocycles. The molecule has 1 atom stereocenters. The Hall–Kier alpha value is -0.550. The molecule has 0 saturated heterocycles. The zero-order chi connectivity index (χ0) is 13.1. The quantitative estimate of drug-likeness (QED) is 0.858. The Morgan fingerprint density at radius 3 is 3.06 bits per heavy atom. The van der Waals surface area contributed by atoms with E-state index in [1.54, 1.807) is 17.8 Å². The number of hydrogen-bond acceptors (Lipinski definition) is 3. The van der Waals surface area contributed by atoms with E-state index in [9.17, 15) is 4.39 Å². The molecule has 1 aromatic carbocycles. The van der Waals surface area contributed by atoms with Gasteiger partial charge in [0, 0.05) is 11.4 Å². The third-order valence-corrected chi connectivity index (χ3v) is 4.50. The average Bonchev–Trinajstić information content (AvgIpc) is 2.36. The Morgan fingerprint density at radius 1 is 1.56 bits per heavy atom. The third-order valence-electron chi connectivity index (χ3n) is 2.97. The highest BCUT2D eigenvalue weighted by atomic mass is 79.9. The minimum absolute atomic E-state index is 0.253. The van der Waals surface area contributed by atoms with Crippen molar-refractivity contribution in [2.75, 3.05) is 11.1 Å². The highest BCUT2D eigenvalue weighted by Gasteiger charge is 2.15. The van der Waals surface area contributed by atoms with Gasteiger partial charge in [-0.1, -0.05) is 18.7 Å². The van der Waals surface area contributed by atoms with Crippen LogP contribution in [0, 0.1) is 12.7 Å². The van der Waals surface area contributed by atoms with Crippen LogP contribution < -0.4 is 5.32 Å². The molecule has 98 valence electrons. The van der Waals surface area contributed by atoms with Crippen molar-refractivity contribution in [1.29, 1.82) is 0 Å². The zero-order valence-electron chi connectivity index (χ0n) is 10.5. The number of amidine groups is 1. The Morgan fingerprint density at radius 2 is 2.33 bits per heavy atom. The predicted octanol–water partition coefficient (Wildman–Crippen LogP) is 4.58. The van der Waals surface area contributed by atoms with E-state index >= 15 is 0 Å². The fraction of sp³-hybridized carbons (Fsp3) is 0.462. The fourth-order valence-electron chi connectivity index (χ4n) is 1.82. The number of anilines is 1. The second kappa shape index (κ2) is 6.06. The first-order valence-corrected chi connectivity index (χ1v) is 7.81. The summed E-state index contributed by atoms with van der Waals surface area (Å²) in [5.41, 5.74) is 1.80. The molecule has 2 nitrogen and oxygen atoms in total. The minimum atomic E-state index is -0.253. The van der Waals surface area contributed by atoms with Crippen LogP contribution in [0.4, 0.5) is 10.1 Å². The van der Waals surface area contributed by atoms with Crippen molar-refractivity contribution >= 4 is 38.5 Å². The van der Waals surface area contributed by atoms with Gasteiger partial charge in [0.2, 0.25) is 0 Å². The summed E-state index contributed by atoms with van der Waals surface area (Å²) in [4.78, 5) is 4.62. The number of thioether (sulfide) groups is 1. The summed E-state index contributed by atoms with van der Waals surface area (Å²) in [5.74, 6) is 0.819. The van der Waals surface area contributed by atoms with E-state index in [4.69, 9.17) is 0 Å². The lowest BCUT2D eigenvalue weighted by Crippen LogP contribution is -2.20. The van der Waals surface area contributed by atoms with Crippen LogP contribution in [-0.2, 0) is 0 Å². The summed E-state index contributed by atoms with van der Waals surface area (Å²) in [6, 6.07) is 3.69. The molecule has 5 heteroatoms. The number of benzene rings is 1. The molecule has 0 aromatic heterocycles. The van der Waals surface area contributed by atoms with E-state index in [1.165, 1.54) is 6.07 Å². The fourth-order valence-corrected chi connectivity index (χ4v) is 3.27. The van der Waals surface area contributed by atoms with Gasteiger partial charge in [-0.05, 0) is 53.4 Å². The molecule has 1 aliphatic rings. The van der Waals surface area contributed by atoms with Crippen molar-refractivity contribution in [2.45, 2.75) is 32.7 Å². The number of rotatable bonds is 2. The monoisotopic (exact) mass is 330 g/mol. The van der Waals surface area contributed by atoms with Gasteiger partial charge in [0.05, 0.1) is 10.5 Å². The van der Waals surface area contributed by atoms with Crippen molar-refractivity contribution in [3.8, 4) is 0 Å². The van der Waals surface area contributed by atoms with Gasteiger partial charge >= 0.3 is 0 Å². The summed E-state index contributed by atoms with van der Waals surface area (Å²) in [5, 5.41) is 4.13. The lowest BCUT2D eigenvalue weighted by Gasteiger charge is -2.20. The van der Waals surface area contributed by atoms with Gasteiger partial charge < -0.3 is 5.32 Å². The standard InChI is InChI=1S/C13H16BrFN2S/c1-3-9-4-5-18-13(16-9)17-12-7-11(15)10(14)6-8(12)2/h6-7,9H,3-5H2,1-2H3,(H,16,17). The highest BCUT2D eigenvalue weighted by molar-refractivity contribution is 9.10. The maximum Gasteiger partial charge on any atom is 0.161 e. The van der Waals surface area contributed by atoms with Crippen LogP contribution in [0.5, 0.6) is 0 Å². The van der Waals surface area contributed by atoms with Gasteiger partial charge in [0.25, 0.3) is 0 Å². The summed E-state index contributed by atoms with van der Waals surface area (Å²) < 4.78 is 14.0. The summed E-state index contributed by atoms with van der Waals surface area (Å²) in [6.45, 7) is 4.10. The Kier molecular flexibility index (Phi) is 4.67. The molecule has 0 fully saturated rings. The van der Waals surface area contributed by atoms with Crippen molar-refractivity contribution in [3.63, 3.8) is 0 Å². The second-order valence-electron chi connectivity index (χ2n) is 4.34. The topological polar surface area (TPSA) is 24.4 Å². The summed E-state index contributed by atoms with van der Waals surface area (Å²) >= 11 is 4.89. The lowest BCUT2D eigenvalue weighted by molar-refractivity contribution is 0.621. The molecule has 1 N–H and O–H groups in total. The molecule has 2 rings (SSSR count). The number of halogens is 2. The van der Waals surface area contributed by atoms with E-state index in [1.807, 2.05) is 6.92 Å². The largest absolute Gasteiger partial charge is 0.335 e. The Balaban J connectivity index is 2.19. The van der Waals surface area contributed by atoms with Crippen LogP contribution in [0.2, 0.25) is 0 Å². The molecule has 0 bridgehead atoms. The molecule has 18 heavy (non-hydrogen) atoms. The molecule has 1 heterocycles. The second-order valence-corrected chi connectivity index (χ2v) is 6.28. The van der Waals surface area contributed by atoms with Crippen LogP contribution in [0.15, 0.2) is 21.6 Å². The maximum atomic E-state index is 13.5. The predicted molar refractivity (Wildman–Crippen MR) is 81.0 cm³/mol. The van der Waals surface area contributed by atoms with Gasteiger partial charge in [-0.25, -0.2) is 4.39 Å². The first-order chi connectivity index (χ1) is 8.60. The Labute approximate surface area is 120 Å². The van der Waals surface area contributed by atoms with Gasteiger partial charge in [0.1, 0.15) is 5.82 Å². The van der Waals surface area contributed by atoms with E-state index < -0.39 is 0 Å². The van der Waals surface area contributed by atoms with Gasteiger partial charge in [-0.15, -0.1) is 0 Å². The minimum Gasteiger partial charge on any atom is -0.335 e. The number of hydrogen-bond donors (Lipinski definition) is 1. The molecule has 0 amide bonds. The number of aryl methyl sites for hydroxylation is 1. The van der Waals surface area contributed by atoms with Crippen LogP contribution in [0.25, 0.3) is 0 Å². The van der Waals surface area contributed by atoms with Crippen molar-refractivity contribution in [2.24, 2.45) is 4.99 Å². The normalized spacial score (nSPS) is 19.6. The van der Waals surface area contributed by atoms with Crippen LogP contribution in [0.1, 0.15) is 25.3 Å². The molecular formula is C13H16BrFN2S. The van der Waals surface area contributed by atoms with E-state index in [-0.39, 0.29) is 5.82 Å². The van der Waals surface area contributed by atoms with Crippen molar-refractivity contribution in [3.05, 3.63) is 28.0 Å². The molecule has 0 radical (unpaired) electrons. The van der Waals surface area contributed by atoms with Crippen LogP contribution in [0.3, 0.4) is 0 Å².